The van der Waals surface area contributed by atoms with E-state index in [4.69, 9.17) is 9.94 Å². The van der Waals surface area contributed by atoms with Crippen LogP contribution < -0.4 is 0 Å². The van der Waals surface area contributed by atoms with Crippen LogP contribution in [0.15, 0.2) is 29.4 Å². The molecule has 1 aromatic carbocycles. The minimum absolute atomic E-state index is 0.238. The molecule has 0 spiro atoms. The van der Waals surface area contributed by atoms with Gasteiger partial charge in [0.25, 0.3) is 0 Å². The van der Waals surface area contributed by atoms with Gasteiger partial charge in [0.1, 0.15) is 6.10 Å². The first kappa shape index (κ1) is 11.0. The predicted octanol–water partition coefficient (Wildman–Crippen LogP) is 2.53. The molecule has 0 saturated heterocycles. The lowest BCUT2D eigenvalue weighted by molar-refractivity contribution is 0.0275. The van der Waals surface area contributed by atoms with E-state index in [2.05, 4.69) is 5.16 Å². The summed E-state index contributed by atoms with van der Waals surface area (Å²) in [5.74, 6) is 0.803. The Balaban J connectivity index is 1.70. The number of aromatic carboxylic acids is 1. The first-order chi connectivity index (χ1) is 9.24. The van der Waals surface area contributed by atoms with Crippen molar-refractivity contribution in [2.45, 2.75) is 25.4 Å². The zero-order chi connectivity index (χ0) is 13.0. The highest BCUT2D eigenvalue weighted by Crippen LogP contribution is 2.53. The number of fused-ring (bicyclic) bond motifs is 5. The second-order valence-electron chi connectivity index (χ2n) is 5.79. The minimum atomic E-state index is -0.897. The molecule has 0 amide bonds. The quantitative estimate of drug-likeness (QED) is 0.885. The average Bonchev–Trinajstić information content (AvgIpc) is 3.11. The van der Waals surface area contributed by atoms with E-state index in [1.807, 2.05) is 6.07 Å². The van der Waals surface area contributed by atoms with Crippen LogP contribution in [0, 0.1) is 17.8 Å². The molecule has 1 aliphatic heterocycles. The van der Waals surface area contributed by atoms with Crippen molar-refractivity contribution in [1.82, 2.24) is 0 Å². The fourth-order valence-corrected chi connectivity index (χ4v) is 4.00. The second-order valence-corrected chi connectivity index (χ2v) is 5.79. The lowest BCUT2D eigenvalue weighted by atomic mass is 9.81. The summed E-state index contributed by atoms with van der Waals surface area (Å²) in [6, 6.07) is 7.03. The SMILES string of the molecule is O=C(O)c1cccc(C2=NOC3C2[C@H]2CC[C@@H]3C2)c1. The number of hydrogen-bond acceptors (Lipinski definition) is 3. The van der Waals surface area contributed by atoms with Crippen molar-refractivity contribution in [3.8, 4) is 0 Å². The zero-order valence-electron chi connectivity index (χ0n) is 10.5. The van der Waals surface area contributed by atoms with Crippen LogP contribution in [0.5, 0.6) is 0 Å². The molecule has 2 aliphatic carbocycles. The molecule has 19 heavy (non-hydrogen) atoms. The van der Waals surface area contributed by atoms with Crippen LogP contribution in [0.4, 0.5) is 0 Å². The Kier molecular flexibility index (Phi) is 2.22. The van der Waals surface area contributed by atoms with E-state index in [1.54, 1.807) is 18.2 Å². The molecule has 1 N–H and O–H groups in total. The number of nitrogens with zero attached hydrogens (tertiary/aromatic N) is 1. The van der Waals surface area contributed by atoms with Gasteiger partial charge in [0.15, 0.2) is 0 Å². The number of hydrogen-bond donors (Lipinski definition) is 1. The van der Waals surface area contributed by atoms with Gasteiger partial charge >= 0.3 is 5.97 Å². The van der Waals surface area contributed by atoms with Crippen molar-refractivity contribution in [2.75, 3.05) is 0 Å². The first-order valence-electron chi connectivity index (χ1n) is 6.81. The van der Waals surface area contributed by atoms with E-state index in [9.17, 15) is 4.79 Å². The number of benzene rings is 1. The summed E-state index contributed by atoms with van der Waals surface area (Å²) < 4.78 is 0. The number of carbonyl (C=O) groups is 1. The fraction of sp³-hybridized carbons (Fsp3) is 0.467. The number of carboxylic acid groups (broad SMARTS) is 1. The van der Waals surface area contributed by atoms with Gasteiger partial charge in [-0.1, -0.05) is 17.3 Å². The fourth-order valence-electron chi connectivity index (χ4n) is 4.00. The molecule has 1 aromatic rings. The van der Waals surface area contributed by atoms with E-state index in [0.29, 0.717) is 23.3 Å². The van der Waals surface area contributed by atoms with Crippen LogP contribution >= 0.6 is 0 Å². The van der Waals surface area contributed by atoms with Crippen LogP contribution in [0.2, 0.25) is 0 Å². The number of rotatable bonds is 2. The molecule has 2 fully saturated rings. The van der Waals surface area contributed by atoms with E-state index >= 15 is 0 Å². The van der Waals surface area contributed by atoms with E-state index in [-0.39, 0.29) is 6.10 Å². The smallest absolute Gasteiger partial charge is 0.335 e. The van der Waals surface area contributed by atoms with Crippen molar-refractivity contribution < 1.29 is 14.7 Å². The molecule has 2 bridgehead atoms. The summed E-state index contributed by atoms with van der Waals surface area (Å²) in [5, 5.41) is 13.3. The van der Waals surface area contributed by atoms with Crippen LogP contribution in [0.1, 0.15) is 35.2 Å². The summed E-state index contributed by atoms with van der Waals surface area (Å²) >= 11 is 0. The van der Waals surface area contributed by atoms with Gasteiger partial charge in [0, 0.05) is 11.5 Å². The summed E-state index contributed by atoms with van der Waals surface area (Å²) in [6.45, 7) is 0. The highest BCUT2D eigenvalue weighted by molar-refractivity contribution is 6.05. The molecular formula is C15H15NO3. The Bertz CT molecular complexity index is 581. The Hall–Kier alpha value is -1.84. The van der Waals surface area contributed by atoms with Crippen LogP contribution in [-0.2, 0) is 4.84 Å². The molecule has 0 radical (unpaired) electrons. The van der Waals surface area contributed by atoms with Gasteiger partial charge in [-0.2, -0.15) is 0 Å². The Morgan fingerprint density at radius 1 is 1.32 bits per heavy atom. The maximum Gasteiger partial charge on any atom is 0.335 e. The van der Waals surface area contributed by atoms with Crippen LogP contribution in [0.3, 0.4) is 0 Å². The van der Waals surface area contributed by atoms with Crippen molar-refractivity contribution in [1.29, 1.82) is 0 Å². The van der Waals surface area contributed by atoms with E-state index in [1.165, 1.54) is 19.3 Å². The highest BCUT2D eigenvalue weighted by Gasteiger charge is 2.54. The van der Waals surface area contributed by atoms with Gasteiger partial charge in [-0.25, -0.2) is 4.79 Å². The third kappa shape index (κ3) is 1.52. The standard InChI is InChI=1S/C15H15NO3/c17-15(18)11-3-1-2-9(7-11)13-12-8-4-5-10(6-8)14(12)19-16-13/h1-3,7-8,10,12,14H,4-6H2,(H,17,18)/t8-,10+,12?,14?/m0/s1. The van der Waals surface area contributed by atoms with E-state index in [0.717, 1.165) is 11.3 Å². The van der Waals surface area contributed by atoms with Gasteiger partial charge in [-0.05, 0) is 43.2 Å². The monoisotopic (exact) mass is 257 g/mol. The number of oxime groups is 1. The average molecular weight is 257 g/mol. The topological polar surface area (TPSA) is 58.9 Å². The molecule has 4 rings (SSSR count). The van der Waals surface area contributed by atoms with E-state index < -0.39 is 5.97 Å². The molecular weight excluding hydrogens is 242 g/mol. The maximum atomic E-state index is 11.1. The minimum Gasteiger partial charge on any atom is -0.478 e. The van der Waals surface area contributed by atoms with Gasteiger partial charge in [0.2, 0.25) is 0 Å². The van der Waals surface area contributed by atoms with Crippen molar-refractivity contribution in [2.24, 2.45) is 22.9 Å². The van der Waals surface area contributed by atoms with Gasteiger partial charge in [-0.15, -0.1) is 0 Å². The normalized spacial score (nSPS) is 34.8. The maximum absolute atomic E-state index is 11.1. The number of carboxylic acids is 1. The molecule has 4 heteroatoms. The van der Waals surface area contributed by atoms with Crippen LogP contribution in [-0.4, -0.2) is 22.9 Å². The molecule has 1 heterocycles. The third-order valence-corrected chi connectivity index (χ3v) is 4.83. The highest BCUT2D eigenvalue weighted by atomic mass is 16.6. The summed E-state index contributed by atoms with van der Waals surface area (Å²) in [7, 11) is 0. The summed E-state index contributed by atoms with van der Waals surface area (Å²) in [4.78, 5) is 16.7. The molecule has 2 saturated carbocycles. The Morgan fingerprint density at radius 2 is 2.16 bits per heavy atom. The van der Waals surface area contributed by atoms with Crippen LogP contribution in [0.25, 0.3) is 0 Å². The molecule has 4 nitrogen and oxygen atoms in total. The second kappa shape index (κ2) is 3.83. The molecule has 2 unspecified atom stereocenters. The Labute approximate surface area is 111 Å². The third-order valence-electron chi connectivity index (χ3n) is 4.83. The molecule has 98 valence electrons. The van der Waals surface area contributed by atoms with Crippen molar-refractivity contribution in [3.05, 3.63) is 35.4 Å². The van der Waals surface area contributed by atoms with Gasteiger partial charge in [-0.3, -0.25) is 0 Å². The molecule has 4 atom stereocenters. The predicted molar refractivity (Wildman–Crippen MR) is 69.1 cm³/mol. The van der Waals surface area contributed by atoms with Gasteiger partial charge < -0.3 is 9.94 Å². The zero-order valence-corrected chi connectivity index (χ0v) is 10.5. The Morgan fingerprint density at radius 3 is 3.00 bits per heavy atom. The van der Waals surface area contributed by atoms with Crippen molar-refractivity contribution in [3.63, 3.8) is 0 Å². The summed E-state index contributed by atoms with van der Waals surface area (Å²) in [5.41, 5.74) is 2.17. The molecule has 0 aromatic heterocycles. The largest absolute Gasteiger partial charge is 0.478 e. The molecule has 3 aliphatic rings. The summed E-state index contributed by atoms with van der Waals surface area (Å²) in [6.07, 6.45) is 3.99. The van der Waals surface area contributed by atoms with Gasteiger partial charge in [0.05, 0.1) is 11.3 Å². The lowest BCUT2D eigenvalue weighted by Crippen LogP contribution is -2.30. The first-order valence-corrected chi connectivity index (χ1v) is 6.81. The van der Waals surface area contributed by atoms with Crippen molar-refractivity contribution >= 4 is 11.7 Å². The lowest BCUT2D eigenvalue weighted by Gasteiger charge is -2.23.